The Morgan fingerprint density at radius 2 is 2.08 bits per heavy atom. The molecule has 3 rings (SSSR count). The van der Waals surface area contributed by atoms with E-state index in [2.05, 4.69) is 10.2 Å². The monoisotopic (exact) mass is 327 g/mol. The summed E-state index contributed by atoms with van der Waals surface area (Å²) in [6.45, 7) is 1.57. The Labute approximate surface area is 140 Å². The van der Waals surface area contributed by atoms with Crippen molar-refractivity contribution < 1.29 is 9.53 Å². The molecule has 6 heteroatoms. The summed E-state index contributed by atoms with van der Waals surface area (Å²) in [5.41, 5.74) is 1.24. The third-order valence-electron chi connectivity index (χ3n) is 4.32. The summed E-state index contributed by atoms with van der Waals surface area (Å²) >= 11 is 0. The highest BCUT2D eigenvalue weighted by Gasteiger charge is 2.26. The lowest BCUT2D eigenvalue weighted by molar-refractivity contribution is 0.0940. The van der Waals surface area contributed by atoms with Gasteiger partial charge in [-0.2, -0.15) is 0 Å². The largest absolute Gasteiger partial charge is 0.495 e. The highest BCUT2D eigenvalue weighted by atomic mass is 16.5. The Kier molecular flexibility index (Phi) is 4.55. The molecule has 0 saturated carbocycles. The van der Waals surface area contributed by atoms with E-state index in [0.717, 1.165) is 30.9 Å². The number of carbonyl (C=O) groups is 1. The minimum atomic E-state index is -0.209. The van der Waals surface area contributed by atoms with Gasteiger partial charge in [0, 0.05) is 44.0 Å². The van der Waals surface area contributed by atoms with Crippen molar-refractivity contribution in [1.29, 1.82) is 0 Å². The number of aromatic nitrogens is 1. The number of amides is 1. The molecule has 6 nitrogen and oxygen atoms in total. The zero-order valence-electron chi connectivity index (χ0n) is 13.9. The van der Waals surface area contributed by atoms with Gasteiger partial charge in [-0.3, -0.25) is 9.59 Å². The van der Waals surface area contributed by atoms with Gasteiger partial charge in [0.1, 0.15) is 5.75 Å². The molecule has 1 unspecified atom stereocenters. The number of aryl methyl sites for hydroxylation is 1. The summed E-state index contributed by atoms with van der Waals surface area (Å²) in [6.07, 6.45) is 2.46. The van der Waals surface area contributed by atoms with Crippen molar-refractivity contribution in [2.45, 2.75) is 12.5 Å². The van der Waals surface area contributed by atoms with E-state index in [-0.39, 0.29) is 17.5 Å². The summed E-state index contributed by atoms with van der Waals surface area (Å²) in [4.78, 5) is 26.2. The van der Waals surface area contributed by atoms with E-state index in [0.29, 0.717) is 5.56 Å². The molecule has 0 radical (unpaired) electrons. The van der Waals surface area contributed by atoms with Crippen molar-refractivity contribution >= 4 is 11.6 Å². The number of nitrogens with zero attached hydrogens (tertiary/aromatic N) is 2. The topological polar surface area (TPSA) is 63.6 Å². The Balaban J connectivity index is 1.66. The lowest BCUT2D eigenvalue weighted by Gasteiger charge is -2.21. The third kappa shape index (κ3) is 3.27. The molecule has 1 aliphatic heterocycles. The van der Waals surface area contributed by atoms with E-state index in [1.165, 1.54) is 10.6 Å². The average molecular weight is 327 g/mol. The molecule has 1 aromatic carbocycles. The van der Waals surface area contributed by atoms with Crippen molar-refractivity contribution in [3.8, 4) is 5.75 Å². The van der Waals surface area contributed by atoms with E-state index >= 15 is 0 Å². The first-order valence-electron chi connectivity index (χ1n) is 7.94. The molecule has 0 bridgehead atoms. The van der Waals surface area contributed by atoms with Crippen molar-refractivity contribution in [3.05, 3.63) is 58.5 Å². The van der Waals surface area contributed by atoms with E-state index in [1.807, 2.05) is 24.3 Å². The first-order chi connectivity index (χ1) is 11.6. The molecule has 24 heavy (non-hydrogen) atoms. The summed E-state index contributed by atoms with van der Waals surface area (Å²) in [6, 6.07) is 10.9. The number of hydrogen-bond donors (Lipinski definition) is 1. The predicted octanol–water partition coefficient (Wildman–Crippen LogP) is 1.40. The molecule has 1 saturated heterocycles. The summed E-state index contributed by atoms with van der Waals surface area (Å²) in [7, 11) is 3.32. The van der Waals surface area contributed by atoms with Gasteiger partial charge in [0.25, 0.3) is 11.5 Å². The first kappa shape index (κ1) is 16.1. The standard InChI is InChI=1S/C18H21N3O3/c1-20-9-7-13(11-17(20)22)18(23)19-14-8-10-21(12-14)15-5-3-4-6-16(15)24-2/h3-7,9,11,14H,8,10,12H2,1-2H3,(H,19,23). The minimum absolute atomic E-state index is 0.0477. The molecule has 126 valence electrons. The van der Waals surface area contributed by atoms with Crippen LogP contribution in [0, 0.1) is 0 Å². The van der Waals surface area contributed by atoms with Crippen LogP contribution in [0.2, 0.25) is 0 Å². The van der Waals surface area contributed by atoms with Crippen LogP contribution in [0.5, 0.6) is 5.75 Å². The maximum absolute atomic E-state index is 12.3. The van der Waals surface area contributed by atoms with Crippen LogP contribution >= 0.6 is 0 Å². The van der Waals surface area contributed by atoms with Crippen LogP contribution in [0.1, 0.15) is 16.8 Å². The van der Waals surface area contributed by atoms with Crippen LogP contribution in [0.15, 0.2) is 47.4 Å². The Morgan fingerprint density at radius 3 is 2.83 bits per heavy atom. The van der Waals surface area contributed by atoms with Gasteiger partial charge in [0.15, 0.2) is 0 Å². The number of benzene rings is 1. The second-order valence-corrected chi connectivity index (χ2v) is 5.94. The lowest BCUT2D eigenvalue weighted by Crippen LogP contribution is -2.37. The number of rotatable bonds is 4. The van der Waals surface area contributed by atoms with Gasteiger partial charge in [0.05, 0.1) is 12.8 Å². The zero-order valence-corrected chi connectivity index (χ0v) is 13.9. The fraction of sp³-hybridized carbons (Fsp3) is 0.333. The number of anilines is 1. The van der Waals surface area contributed by atoms with Gasteiger partial charge >= 0.3 is 0 Å². The van der Waals surface area contributed by atoms with E-state index < -0.39 is 0 Å². The van der Waals surface area contributed by atoms with Crippen LogP contribution < -0.4 is 20.5 Å². The van der Waals surface area contributed by atoms with Gasteiger partial charge < -0.3 is 19.5 Å². The molecule has 1 fully saturated rings. The average Bonchev–Trinajstić information content (AvgIpc) is 3.05. The Morgan fingerprint density at radius 1 is 1.29 bits per heavy atom. The van der Waals surface area contributed by atoms with Gasteiger partial charge in [-0.25, -0.2) is 0 Å². The molecule has 1 amide bonds. The number of para-hydroxylation sites is 2. The molecular weight excluding hydrogens is 306 g/mol. The predicted molar refractivity (Wildman–Crippen MR) is 92.8 cm³/mol. The number of hydrogen-bond acceptors (Lipinski definition) is 4. The minimum Gasteiger partial charge on any atom is -0.495 e. The Bertz CT molecular complexity index is 800. The molecular formula is C18H21N3O3. The SMILES string of the molecule is COc1ccccc1N1CCC(NC(=O)c2ccn(C)c(=O)c2)C1. The summed E-state index contributed by atoms with van der Waals surface area (Å²) in [5.74, 6) is 0.621. The normalized spacial score (nSPS) is 16.9. The number of pyridine rings is 1. The molecule has 0 aliphatic carbocycles. The third-order valence-corrected chi connectivity index (χ3v) is 4.32. The van der Waals surface area contributed by atoms with E-state index in [9.17, 15) is 9.59 Å². The number of ether oxygens (including phenoxy) is 1. The van der Waals surface area contributed by atoms with E-state index in [4.69, 9.17) is 4.74 Å². The fourth-order valence-electron chi connectivity index (χ4n) is 2.95. The summed E-state index contributed by atoms with van der Waals surface area (Å²) in [5, 5.41) is 3.01. The molecule has 1 N–H and O–H groups in total. The fourth-order valence-corrected chi connectivity index (χ4v) is 2.95. The van der Waals surface area contributed by atoms with Crippen molar-refractivity contribution in [3.63, 3.8) is 0 Å². The van der Waals surface area contributed by atoms with Crippen LogP contribution in [0.4, 0.5) is 5.69 Å². The van der Waals surface area contributed by atoms with Crippen LogP contribution in [-0.2, 0) is 7.05 Å². The molecule has 2 aromatic rings. The molecule has 2 heterocycles. The Hall–Kier alpha value is -2.76. The number of nitrogens with one attached hydrogen (secondary N) is 1. The number of methoxy groups -OCH3 is 1. The molecule has 1 aliphatic rings. The van der Waals surface area contributed by atoms with Crippen LogP contribution in [-0.4, -0.2) is 36.7 Å². The van der Waals surface area contributed by atoms with Gasteiger partial charge in [-0.1, -0.05) is 12.1 Å². The molecule has 0 spiro atoms. The van der Waals surface area contributed by atoms with Crippen molar-refractivity contribution in [2.75, 3.05) is 25.1 Å². The van der Waals surface area contributed by atoms with E-state index in [1.54, 1.807) is 26.4 Å². The number of carbonyl (C=O) groups excluding carboxylic acids is 1. The highest BCUT2D eigenvalue weighted by Crippen LogP contribution is 2.30. The molecule has 1 aromatic heterocycles. The van der Waals surface area contributed by atoms with Crippen LogP contribution in [0.3, 0.4) is 0 Å². The zero-order chi connectivity index (χ0) is 17.1. The lowest BCUT2D eigenvalue weighted by atomic mass is 10.2. The highest BCUT2D eigenvalue weighted by molar-refractivity contribution is 5.94. The smallest absolute Gasteiger partial charge is 0.251 e. The second-order valence-electron chi connectivity index (χ2n) is 5.94. The van der Waals surface area contributed by atoms with Crippen molar-refractivity contribution in [2.24, 2.45) is 7.05 Å². The quantitative estimate of drug-likeness (QED) is 0.922. The van der Waals surface area contributed by atoms with Gasteiger partial charge in [-0.05, 0) is 24.6 Å². The van der Waals surface area contributed by atoms with Gasteiger partial charge in [0.2, 0.25) is 0 Å². The second kappa shape index (κ2) is 6.78. The van der Waals surface area contributed by atoms with Crippen LogP contribution in [0.25, 0.3) is 0 Å². The maximum atomic E-state index is 12.3. The molecule has 1 atom stereocenters. The first-order valence-corrected chi connectivity index (χ1v) is 7.94. The summed E-state index contributed by atoms with van der Waals surface area (Å²) < 4.78 is 6.84. The maximum Gasteiger partial charge on any atom is 0.251 e. The van der Waals surface area contributed by atoms with Gasteiger partial charge in [-0.15, -0.1) is 0 Å². The van der Waals surface area contributed by atoms with Crippen molar-refractivity contribution in [1.82, 2.24) is 9.88 Å².